The molecule has 3 nitrogen and oxygen atoms in total. The number of hydrogen-bond donors (Lipinski definition) is 1. The van der Waals surface area contributed by atoms with E-state index in [0.29, 0.717) is 12.1 Å². The molecule has 112 valence electrons. The highest BCUT2D eigenvalue weighted by Gasteiger charge is 2.09. The second-order valence-corrected chi connectivity index (χ2v) is 5.46. The lowest BCUT2D eigenvalue weighted by Crippen LogP contribution is -2.29. The van der Waals surface area contributed by atoms with E-state index in [1.165, 1.54) is 11.1 Å². The molecule has 0 fully saturated rings. The largest absolute Gasteiger partial charge is 0.497 e. The number of benzene rings is 1. The van der Waals surface area contributed by atoms with Gasteiger partial charge in [-0.25, -0.2) is 0 Å². The van der Waals surface area contributed by atoms with Crippen molar-refractivity contribution in [2.45, 2.75) is 38.8 Å². The van der Waals surface area contributed by atoms with Crippen LogP contribution < -0.4 is 10.1 Å². The maximum Gasteiger partial charge on any atom is 0.118 e. The molecule has 1 N–H and O–H groups in total. The van der Waals surface area contributed by atoms with E-state index in [-0.39, 0.29) is 0 Å². The molecule has 0 saturated carbocycles. The van der Waals surface area contributed by atoms with Gasteiger partial charge in [-0.1, -0.05) is 12.1 Å². The van der Waals surface area contributed by atoms with Gasteiger partial charge >= 0.3 is 0 Å². The predicted octanol–water partition coefficient (Wildman–Crippen LogP) is 3.76. The fraction of sp³-hybridized carbons (Fsp3) is 0.389. The Morgan fingerprint density at radius 3 is 2.33 bits per heavy atom. The van der Waals surface area contributed by atoms with Crippen molar-refractivity contribution >= 4 is 0 Å². The Bertz CT molecular complexity index is 525. The molecule has 0 aliphatic carbocycles. The zero-order chi connectivity index (χ0) is 15.1. The second-order valence-electron chi connectivity index (χ2n) is 5.46. The van der Waals surface area contributed by atoms with E-state index in [1.807, 2.05) is 24.5 Å². The molecule has 1 heterocycles. The van der Waals surface area contributed by atoms with Crippen LogP contribution >= 0.6 is 0 Å². The number of aryl methyl sites for hydroxylation is 1. The Hall–Kier alpha value is -1.87. The summed E-state index contributed by atoms with van der Waals surface area (Å²) in [5, 5.41) is 3.64. The van der Waals surface area contributed by atoms with E-state index in [2.05, 4.69) is 48.4 Å². The lowest BCUT2D eigenvalue weighted by Gasteiger charge is -2.20. The van der Waals surface area contributed by atoms with E-state index in [1.54, 1.807) is 7.11 Å². The molecule has 1 aromatic heterocycles. The Morgan fingerprint density at radius 2 is 1.71 bits per heavy atom. The van der Waals surface area contributed by atoms with E-state index >= 15 is 0 Å². The molecular weight excluding hydrogens is 260 g/mol. The number of aromatic nitrogens is 1. The summed E-state index contributed by atoms with van der Waals surface area (Å²) in [6, 6.07) is 13.3. The smallest absolute Gasteiger partial charge is 0.118 e. The summed E-state index contributed by atoms with van der Waals surface area (Å²) >= 11 is 0. The van der Waals surface area contributed by atoms with Crippen LogP contribution in [0.1, 0.15) is 37.4 Å². The van der Waals surface area contributed by atoms with Gasteiger partial charge in [0, 0.05) is 24.5 Å². The Labute approximate surface area is 127 Å². The molecular formula is C18H24N2O. The van der Waals surface area contributed by atoms with Crippen LogP contribution in [0, 0.1) is 0 Å². The number of hydrogen-bond acceptors (Lipinski definition) is 3. The van der Waals surface area contributed by atoms with Crippen molar-refractivity contribution in [1.29, 1.82) is 0 Å². The van der Waals surface area contributed by atoms with Gasteiger partial charge in [0.2, 0.25) is 0 Å². The van der Waals surface area contributed by atoms with Crippen LogP contribution in [-0.2, 0) is 6.42 Å². The molecule has 3 heteroatoms. The van der Waals surface area contributed by atoms with Crippen LogP contribution in [-0.4, -0.2) is 18.1 Å². The third kappa shape index (κ3) is 4.87. The number of nitrogens with zero attached hydrogens (tertiary/aromatic N) is 1. The lowest BCUT2D eigenvalue weighted by atomic mass is 10.0. The minimum Gasteiger partial charge on any atom is -0.497 e. The molecule has 0 spiro atoms. The van der Waals surface area contributed by atoms with Gasteiger partial charge in [0.15, 0.2) is 0 Å². The van der Waals surface area contributed by atoms with Crippen LogP contribution in [0.4, 0.5) is 0 Å². The number of pyridine rings is 1. The van der Waals surface area contributed by atoms with Crippen LogP contribution in [0.3, 0.4) is 0 Å². The zero-order valence-corrected chi connectivity index (χ0v) is 13.0. The third-order valence-electron chi connectivity index (χ3n) is 3.77. The van der Waals surface area contributed by atoms with E-state index < -0.39 is 0 Å². The molecule has 0 aliphatic rings. The van der Waals surface area contributed by atoms with Gasteiger partial charge in [-0.05, 0) is 62.1 Å². The minimum absolute atomic E-state index is 0.346. The molecule has 2 aromatic rings. The molecule has 0 radical (unpaired) electrons. The van der Waals surface area contributed by atoms with Gasteiger partial charge in [0.05, 0.1) is 7.11 Å². The van der Waals surface area contributed by atoms with Crippen molar-refractivity contribution in [2.75, 3.05) is 7.11 Å². The monoisotopic (exact) mass is 284 g/mol. The van der Waals surface area contributed by atoms with Crippen LogP contribution in [0.15, 0.2) is 48.8 Å². The average Bonchev–Trinajstić information content (AvgIpc) is 2.54. The highest BCUT2D eigenvalue weighted by Crippen LogP contribution is 2.15. The molecule has 0 bridgehead atoms. The van der Waals surface area contributed by atoms with Crippen LogP contribution in [0.5, 0.6) is 5.75 Å². The van der Waals surface area contributed by atoms with Crippen molar-refractivity contribution in [2.24, 2.45) is 0 Å². The van der Waals surface area contributed by atoms with E-state index in [0.717, 1.165) is 18.6 Å². The number of nitrogens with one attached hydrogen (secondary N) is 1. The fourth-order valence-corrected chi connectivity index (χ4v) is 2.43. The van der Waals surface area contributed by atoms with E-state index in [4.69, 9.17) is 4.74 Å². The summed E-state index contributed by atoms with van der Waals surface area (Å²) in [6.45, 7) is 4.43. The fourth-order valence-electron chi connectivity index (χ4n) is 2.43. The predicted molar refractivity (Wildman–Crippen MR) is 86.6 cm³/mol. The SMILES string of the molecule is COc1ccc(CCC(C)NC(C)c2ccncc2)cc1. The topological polar surface area (TPSA) is 34.1 Å². The van der Waals surface area contributed by atoms with Gasteiger partial charge in [0.1, 0.15) is 5.75 Å². The summed E-state index contributed by atoms with van der Waals surface area (Å²) < 4.78 is 5.18. The first-order valence-electron chi connectivity index (χ1n) is 7.48. The molecule has 21 heavy (non-hydrogen) atoms. The molecule has 2 rings (SSSR count). The molecule has 0 saturated heterocycles. The van der Waals surface area contributed by atoms with Crippen molar-refractivity contribution in [3.8, 4) is 5.75 Å². The van der Waals surface area contributed by atoms with Crippen LogP contribution in [0.2, 0.25) is 0 Å². The lowest BCUT2D eigenvalue weighted by molar-refractivity contribution is 0.414. The first-order chi connectivity index (χ1) is 10.2. The molecule has 0 amide bonds. The summed E-state index contributed by atoms with van der Waals surface area (Å²) in [5.41, 5.74) is 2.63. The molecule has 0 aliphatic heterocycles. The van der Waals surface area contributed by atoms with Gasteiger partial charge < -0.3 is 10.1 Å². The molecule has 2 atom stereocenters. The Balaban J connectivity index is 1.80. The van der Waals surface area contributed by atoms with Gasteiger partial charge in [0.25, 0.3) is 0 Å². The quantitative estimate of drug-likeness (QED) is 0.840. The second kappa shape index (κ2) is 7.79. The highest BCUT2D eigenvalue weighted by atomic mass is 16.5. The van der Waals surface area contributed by atoms with E-state index in [9.17, 15) is 0 Å². The van der Waals surface area contributed by atoms with Crippen molar-refractivity contribution in [3.05, 3.63) is 59.9 Å². The van der Waals surface area contributed by atoms with Crippen molar-refractivity contribution in [1.82, 2.24) is 10.3 Å². The number of rotatable bonds is 7. The average molecular weight is 284 g/mol. The summed E-state index contributed by atoms with van der Waals surface area (Å²) in [6.07, 6.45) is 5.87. The minimum atomic E-state index is 0.346. The number of ether oxygens (including phenoxy) is 1. The van der Waals surface area contributed by atoms with Gasteiger partial charge in [-0.2, -0.15) is 0 Å². The molecule has 1 aromatic carbocycles. The summed E-state index contributed by atoms with van der Waals surface area (Å²) in [5.74, 6) is 0.913. The summed E-state index contributed by atoms with van der Waals surface area (Å²) in [4.78, 5) is 4.06. The van der Waals surface area contributed by atoms with Crippen molar-refractivity contribution < 1.29 is 4.74 Å². The maximum atomic E-state index is 5.18. The van der Waals surface area contributed by atoms with Gasteiger partial charge in [-0.3, -0.25) is 4.98 Å². The first kappa shape index (κ1) is 15.5. The van der Waals surface area contributed by atoms with Gasteiger partial charge in [-0.15, -0.1) is 0 Å². The first-order valence-corrected chi connectivity index (χ1v) is 7.48. The normalized spacial score (nSPS) is 13.7. The third-order valence-corrected chi connectivity index (χ3v) is 3.77. The van der Waals surface area contributed by atoms with Crippen molar-refractivity contribution in [3.63, 3.8) is 0 Å². The maximum absolute atomic E-state index is 5.18. The number of methoxy groups -OCH3 is 1. The standard InChI is InChI=1S/C18H24N2O/c1-14(20-15(2)17-10-12-19-13-11-17)4-5-16-6-8-18(21-3)9-7-16/h6-15,20H,4-5H2,1-3H3. The Morgan fingerprint density at radius 1 is 1.05 bits per heavy atom. The molecule has 2 unspecified atom stereocenters. The summed E-state index contributed by atoms with van der Waals surface area (Å²) in [7, 11) is 1.70. The Kier molecular flexibility index (Phi) is 5.76. The zero-order valence-electron chi connectivity index (χ0n) is 13.0. The highest BCUT2D eigenvalue weighted by molar-refractivity contribution is 5.27. The van der Waals surface area contributed by atoms with Crippen LogP contribution in [0.25, 0.3) is 0 Å².